The maximum Gasteiger partial charge on any atom is 0.205 e. The lowest BCUT2D eigenvalue weighted by Crippen LogP contribution is -2.30. The van der Waals surface area contributed by atoms with Gasteiger partial charge in [0.2, 0.25) is 5.13 Å². The molecule has 2 aromatic rings. The van der Waals surface area contributed by atoms with E-state index < -0.39 is 0 Å². The molecule has 2 heterocycles. The first-order chi connectivity index (χ1) is 10.2. The fourth-order valence-corrected chi connectivity index (χ4v) is 3.41. The largest absolute Gasteiger partial charge is 0.399 e. The summed E-state index contributed by atoms with van der Waals surface area (Å²) in [7, 11) is 0. The monoisotopic (exact) mass is 303 g/mol. The molecule has 6 heteroatoms. The summed E-state index contributed by atoms with van der Waals surface area (Å²) in [6.45, 7) is 7.15. The van der Waals surface area contributed by atoms with Gasteiger partial charge in [0.25, 0.3) is 0 Å². The molecule has 0 aliphatic carbocycles. The van der Waals surface area contributed by atoms with Crippen molar-refractivity contribution in [3.63, 3.8) is 0 Å². The number of aryl methyl sites for hydroxylation is 1. The molecule has 5 nitrogen and oxygen atoms in total. The summed E-state index contributed by atoms with van der Waals surface area (Å²) in [4.78, 5) is 9.33. The fraction of sp³-hybridized carbons (Fsp3) is 0.467. The van der Waals surface area contributed by atoms with Crippen molar-refractivity contribution in [3.05, 3.63) is 35.7 Å². The van der Waals surface area contributed by atoms with Crippen molar-refractivity contribution in [1.29, 1.82) is 0 Å². The van der Waals surface area contributed by atoms with Crippen molar-refractivity contribution in [2.24, 2.45) is 0 Å². The molecule has 21 heavy (non-hydrogen) atoms. The van der Waals surface area contributed by atoms with Crippen molar-refractivity contribution in [3.8, 4) is 0 Å². The zero-order chi connectivity index (χ0) is 14.7. The number of anilines is 2. The highest BCUT2D eigenvalue weighted by Crippen LogP contribution is 2.19. The molecule has 1 aliphatic heterocycles. The van der Waals surface area contributed by atoms with E-state index in [2.05, 4.69) is 31.3 Å². The van der Waals surface area contributed by atoms with Gasteiger partial charge in [-0.3, -0.25) is 4.90 Å². The van der Waals surface area contributed by atoms with Crippen LogP contribution in [0.15, 0.2) is 24.3 Å². The molecule has 1 aliphatic rings. The second kappa shape index (κ2) is 6.41. The van der Waals surface area contributed by atoms with Gasteiger partial charge in [0, 0.05) is 49.9 Å². The molecule has 0 spiro atoms. The highest BCUT2D eigenvalue weighted by molar-refractivity contribution is 7.09. The van der Waals surface area contributed by atoms with E-state index in [0.717, 1.165) is 55.8 Å². The number of benzene rings is 1. The van der Waals surface area contributed by atoms with Crippen LogP contribution in [0.2, 0.25) is 0 Å². The van der Waals surface area contributed by atoms with Crippen molar-refractivity contribution < 1.29 is 0 Å². The predicted molar refractivity (Wildman–Crippen MR) is 87.6 cm³/mol. The van der Waals surface area contributed by atoms with E-state index in [-0.39, 0.29) is 0 Å². The van der Waals surface area contributed by atoms with E-state index in [1.165, 1.54) is 17.1 Å². The smallest absolute Gasteiger partial charge is 0.205 e. The molecule has 1 aromatic heterocycles. The Morgan fingerprint density at radius 2 is 2.14 bits per heavy atom. The topological polar surface area (TPSA) is 58.3 Å². The van der Waals surface area contributed by atoms with Gasteiger partial charge in [-0.1, -0.05) is 12.1 Å². The van der Waals surface area contributed by atoms with Gasteiger partial charge in [-0.05, 0) is 31.0 Å². The predicted octanol–water partition coefficient (Wildman–Crippen LogP) is 2.14. The minimum atomic E-state index is 0.841. The Balaban J connectivity index is 1.60. The molecule has 0 saturated carbocycles. The van der Waals surface area contributed by atoms with E-state index >= 15 is 0 Å². The van der Waals surface area contributed by atoms with Gasteiger partial charge in [0.15, 0.2) is 0 Å². The molecule has 2 N–H and O–H groups in total. The summed E-state index contributed by atoms with van der Waals surface area (Å²) in [6, 6.07) is 8.17. The van der Waals surface area contributed by atoms with Crippen LogP contribution in [-0.2, 0) is 6.54 Å². The van der Waals surface area contributed by atoms with E-state index in [1.807, 2.05) is 19.1 Å². The highest BCUT2D eigenvalue weighted by atomic mass is 32.1. The van der Waals surface area contributed by atoms with Gasteiger partial charge in [-0.25, -0.2) is 4.98 Å². The van der Waals surface area contributed by atoms with Gasteiger partial charge in [-0.2, -0.15) is 4.37 Å². The molecule has 1 aromatic carbocycles. The van der Waals surface area contributed by atoms with Gasteiger partial charge in [-0.15, -0.1) is 0 Å². The van der Waals surface area contributed by atoms with E-state index in [4.69, 9.17) is 5.73 Å². The Kier molecular flexibility index (Phi) is 4.36. The zero-order valence-corrected chi connectivity index (χ0v) is 13.1. The number of hydrogen-bond donors (Lipinski definition) is 1. The summed E-state index contributed by atoms with van der Waals surface area (Å²) in [5.41, 5.74) is 7.98. The first-order valence-electron chi connectivity index (χ1n) is 7.33. The van der Waals surface area contributed by atoms with Gasteiger partial charge in [0.1, 0.15) is 5.82 Å². The first-order valence-corrected chi connectivity index (χ1v) is 8.10. The van der Waals surface area contributed by atoms with Gasteiger partial charge in [0.05, 0.1) is 0 Å². The quantitative estimate of drug-likeness (QED) is 0.880. The third-order valence-corrected chi connectivity index (χ3v) is 4.60. The van der Waals surface area contributed by atoms with E-state index in [9.17, 15) is 0 Å². The number of rotatable bonds is 3. The number of aromatic nitrogens is 2. The molecule has 3 rings (SSSR count). The molecule has 0 unspecified atom stereocenters. The van der Waals surface area contributed by atoms with Crippen molar-refractivity contribution >= 4 is 22.4 Å². The Bertz CT molecular complexity index is 597. The molecule has 112 valence electrons. The van der Waals surface area contributed by atoms with E-state index in [1.54, 1.807) is 0 Å². The van der Waals surface area contributed by atoms with Gasteiger partial charge < -0.3 is 10.6 Å². The summed E-state index contributed by atoms with van der Waals surface area (Å²) in [5.74, 6) is 0.871. The summed E-state index contributed by atoms with van der Waals surface area (Å²) in [5, 5.41) is 1.05. The third kappa shape index (κ3) is 3.71. The number of nitrogens with two attached hydrogens (primary N) is 1. The first kappa shape index (κ1) is 14.3. The Hall–Kier alpha value is -1.66. The van der Waals surface area contributed by atoms with Crippen LogP contribution in [0.5, 0.6) is 0 Å². The van der Waals surface area contributed by atoms with Crippen LogP contribution in [0.3, 0.4) is 0 Å². The van der Waals surface area contributed by atoms with E-state index in [0.29, 0.717) is 0 Å². The Morgan fingerprint density at radius 3 is 2.90 bits per heavy atom. The van der Waals surface area contributed by atoms with Crippen LogP contribution in [-0.4, -0.2) is 40.4 Å². The molecule has 0 radical (unpaired) electrons. The molecular formula is C15H21N5S. The van der Waals surface area contributed by atoms with Crippen molar-refractivity contribution in [2.75, 3.05) is 36.8 Å². The number of nitrogen functional groups attached to an aromatic ring is 1. The third-order valence-electron chi connectivity index (χ3n) is 3.73. The van der Waals surface area contributed by atoms with Crippen LogP contribution in [0, 0.1) is 6.92 Å². The van der Waals surface area contributed by atoms with Crippen LogP contribution in [0.25, 0.3) is 0 Å². The maximum absolute atomic E-state index is 5.85. The van der Waals surface area contributed by atoms with Crippen LogP contribution in [0.4, 0.5) is 10.8 Å². The lowest BCUT2D eigenvalue weighted by Gasteiger charge is -2.21. The lowest BCUT2D eigenvalue weighted by molar-refractivity contribution is 0.285. The van der Waals surface area contributed by atoms with Gasteiger partial charge >= 0.3 is 0 Å². The average molecular weight is 303 g/mol. The summed E-state index contributed by atoms with van der Waals surface area (Å²) in [6.07, 6.45) is 1.15. The normalized spacial score (nSPS) is 16.9. The minimum absolute atomic E-state index is 0.841. The van der Waals surface area contributed by atoms with Crippen LogP contribution < -0.4 is 10.6 Å². The zero-order valence-electron chi connectivity index (χ0n) is 12.3. The van der Waals surface area contributed by atoms with Crippen molar-refractivity contribution in [1.82, 2.24) is 14.3 Å². The molecule has 0 bridgehead atoms. The average Bonchev–Trinajstić information content (AvgIpc) is 2.75. The fourth-order valence-electron chi connectivity index (χ4n) is 2.68. The van der Waals surface area contributed by atoms with Crippen LogP contribution >= 0.6 is 11.5 Å². The summed E-state index contributed by atoms with van der Waals surface area (Å²) >= 11 is 1.50. The number of hydrogen-bond acceptors (Lipinski definition) is 6. The molecule has 1 saturated heterocycles. The Morgan fingerprint density at radius 1 is 1.24 bits per heavy atom. The highest BCUT2D eigenvalue weighted by Gasteiger charge is 2.17. The number of nitrogens with zero attached hydrogens (tertiary/aromatic N) is 4. The Labute approximate surface area is 129 Å². The van der Waals surface area contributed by atoms with Crippen LogP contribution in [0.1, 0.15) is 17.8 Å². The summed E-state index contributed by atoms with van der Waals surface area (Å²) < 4.78 is 4.28. The molecule has 0 amide bonds. The minimum Gasteiger partial charge on any atom is -0.399 e. The lowest BCUT2D eigenvalue weighted by atomic mass is 10.2. The second-order valence-corrected chi connectivity index (χ2v) is 6.22. The molecular weight excluding hydrogens is 282 g/mol. The second-order valence-electron chi connectivity index (χ2n) is 5.49. The molecule has 1 fully saturated rings. The SMILES string of the molecule is Cc1nsc(N2CCCN(Cc3cccc(N)c3)CC2)n1. The molecule has 0 atom stereocenters. The maximum atomic E-state index is 5.85. The van der Waals surface area contributed by atoms with Crippen molar-refractivity contribution in [2.45, 2.75) is 19.9 Å². The standard InChI is InChI=1S/C15H21N5S/c1-12-17-15(21-18-12)20-7-3-6-19(8-9-20)11-13-4-2-5-14(16)10-13/h2,4-5,10H,3,6-9,11,16H2,1H3.